The summed E-state index contributed by atoms with van der Waals surface area (Å²) in [7, 11) is 1.87. The number of nitrogens with zero attached hydrogens (tertiary/aromatic N) is 1. The van der Waals surface area contributed by atoms with Gasteiger partial charge in [-0.1, -0.05) is 6.07 Å². The van der Waals surface area contributed by atoms with Gasteiger partial charge in [-0.2, -0.15) is 0 Å². The Balaban J connectivity index is 0.00000161. The molecular formula is C16H23ClN2O2. The molecule has 1 N–H and O–H groups in total. The molecule has 2 heterocycles. The number of rotatable bonds is 3. The van der Waals surface area contributed by atoms with Crippen LogP contribution in [0.1, 0.15) is 40.7 Å². The van der Waals surface area contributed by atoms with Gasteiger partial charge in [0.2, 0.25) is 0 Å². The van der Waals surface area contributed by atoms with Crippen molar-refractivity contribution in [3.05, 3.63) is 34.9 Å². The van der Waals surface area contributed by atoms with E-state index in [2.05, 4.69) is 11.4 Å². The normalized spacial score (nSPS) is 20.5. The highest BCUT2D eigenvalue weighted by molar-refractivity contribution is 5.94. The fraction of sp³-hybridized carbons (Fsp3) is 0.562. The molecule has 5 heteroatoms. The molecule has 0 bridgehead atoms. The van der Waals surface area contributed by atoms with E-state index in [-0.39, 0.29) is 24.4 Å². The van der Waals surface area contributed by atoms with Gasteiger partial charge in [0.05, 0.1) is 6.10 Å². The third kappa shape index (κ3) is 3.76. The molecule has 21 heavy (non-hydrogen) atoms. The van der Waals surface area contributed by atoms with E-state index in [0.717, 1.165) is 38.1 Å². The number of hydrogen-bond donors (Lipinski definition) is 1. The van der Waals surface area contributed by atoms with Gasteiger partial charge in [0.1, 0.15) is 0 Å². The van der Waals surface area contributed by atoms with Crippen molar-refractivity contribution in [2.45, 2.75) is 38.5 Å². The third-order valence-corrected chi connectivity index (χ3v) is 4.18. The van der Waals surface area contributed by atoms with Crippen molar-refractivity contribution >= 4 is 18.3 Å². The molecule has 0 radical (unpaired) electrons. The number of halogens is 1. The maximum absolute atomic E-state index is 12.5. The SMILES string of the molecule is CN(CC1CCCCO1)C(=O)c1ccc2c(c1)CNC2.Cl. The number of nitrogens with one attached hydrogen (secondary N) is 1. The molecule has 1 aromatic rings. The van der Waals surface area contributed by atoms with E-state index in [1.165, 1.54) is 17.5 Å². The van der Waals surface area contributed by atoms with Gasteiger partial charge in [-0.15, -0.1) is 12.4 Å². The summed E-state index contributed by atoms with van der Waals surface area (Å²) in [6.07, 6.45) is 3.61. The van der Waals surface area contributed by atoms with Crippen LogP contribution in [0.2, 0.25) is 0 Å². The Labute approximate surface area is 132 Å². The Morgan fingerprint density at radius 1 is 1.33 bits per heavy atom. The molecule has 0 saturated carbocycles. The van der Waals surface area contributed by atoms with Gasteiger partial charge in [-0.25, -0.2) is 0 Å². The summed E-state index contributed by atoms with van der Waals surface area (Å²) in [6, 6.07) is 6.02. The lowest BCUT2D eigenvalue weighted by Crippen LogP contribution is -2.37. The summed E-state index contributed by atoms with van der Waals surface area (Å²) in [5.74, 6) is 0.0915. The van der Waals surface area contributed by atoms with Crippen molar-refractivity contribution < 1.29 is 9.53 Å². The first-order valence-corrected chi connectivity index (χ1v) is 7.43. The second-order valence-electron chi connectivity index (χ2n) is 5.76. The number of benzene rings is 1. The predicted molar refractivity (Wildman–Crippen MR) is 84.8 cm³/mol. The van der Waals surface area contributed by atoms with Crippen molar-refractivity contribution in [3.63, 3.8) is 0 Å². The van der Waals surface area contributed by atoms with Crippen molar-refractivity contribution in [2.24, 2.45) is 0 Å². The standard InChI is InChI=1S/C16H22N2O2.ClH/c1-18(11-15-4-2-3-7-20-15)16(19)12-5-6-13-9-17-10-14(13)8-12;/h5-6,8,15,17H,2-4,7,9-11H2,1H3;1H. The molecule has 1 atom stereocenters. The second-order valence-corrected chi connectivity index (χ2v) is 5.76. The van der Waals surface area contributed by atoms with E-state index < -0.39 is 0 Å². The maximum Gasteiger partial charge on any atom is 0.253 e. The molecule has 4 nitrogen and oxygen atoms in total. The molecule has 3 rings (SSSR count). The number of hydrogen-bond acceptors (Lipinski definition) is 3. The molecule has 1 aromatic carbocycles. The lowest BCUT2D eigenvalue weighted by Gasteiger charge is -2.27. The van der Waals surface area contributed by atoms with Crippen LogP contribution in [0.4, 0.5) is 0 Å². The van der Waals surface area contributed by atoms with Crippen LogP contribution in [-0.4, -0.2) is 37.1 Å². The van der Waals surface area contributed by atoms with Gasteiger partial charge < -0.3 is 15.0 Å². The fourth-order valence-electron chi connectivity index (χ4n) is 2.99. The minimum absolute atomic E-state index is 0. The Hall–Kier alpha value is -1.10. The third-order valence-electron chi connectivity index (χ3n) is 4.18. The van der Waals surface area contributed by atoms with Gasteiger partial charge >= 0.3 is 0 Å². The lowest BCUT2D eigenvalue weighted by atomic mass is 10.0. The van der Waals surface area contributed by atoms with E-state index in [1.807, 2.05) is 19.2 Å². The summed E-state index contributed by atoms with van der Waals surface area (Å²) < 4.78 is 5.70. The van der Waals surface area contributed by atoms with Crippen molar-refractivity contribution in [3.8, 4) is 0 Å². The topological polar surface area (TPSA) is 41.6 Å². The minimum atomic E-state index is 0. The zero-order valence-corrected chi connectivity index (χ0v) is 13.2. The van der Waals surface area contributed by atoms with Gasteiger partial charge in [0.15, 0.2) is 0 Å². The first-order chi connectivity index (χ1) is 9.74. The largest absolute Gasteiger partial charge is 0.376 e. The number of likely N-dealkylation sites (N-methyl/N-ethyl adjacent to an activating group) is 1. The monoisotopic (exact) mass is 310 g/mol. The molecule has 1 amide bonds. The lowest BCUT2D eigenvalue weighted by molar-refractivity contribution is -0.000188. The van der Waals surface area contributed by atoms with Gasteiger partial charge in [-0.05, 0) is 42.5 Å². The van der Waals surface area contributed by atoms with E-state index in [4.69, 9.17) is 4.74 Å². The summed E-state index contributed by atoms with van der Waals surface area (Å²) in [4.78, 5) is 14.3. The Bertz CT molecular complexity index is 501. The van der Waals surface area contributed by atoms with Crippen LogP contribution in [0.15, 0.2) is 18.2 Å². The van der Waals surface area contributed by atoms with Gasteiger partial charge in [-0.3, -0.25) is 4.79 Å². The van der Waals surface area contributed by atoms with Crippen LogP contribution in [-0.2, 0) is 17.8 Å². The van der Waals surface area contributed by atoms with Crippen molar-refractivity contribution in [2.75, 3.05) is 20.2 Å². The van der Waals surface area contributed by atoms with Crippen molar-refractivity contribution in [1.29, 1.82) is 0 Å². The van der Waals surface area contributed by atoms with Crippen LogP contribution in [0.5, 0.6) is 0 Å². The number of carbonyl (C=O) groups is 1. The average Bonchev–Trinajstić information content (AvgIpc) is 2.94. The molecule has 116 valence electrons. The summed E-state index contributed by atoms with van der Waals surface area (Å²) >= 11 is 0. The van der Waals surface area contributed by atoms with Crippen LogP contribution < -0.4 is 5.32 Å². The van der Waals surface area contributed by atoms with E-state index in [0.29, 0.717) is 6.54 Å². The molecule has 1 saturated heterocycles. The second kappa shape index (κ2) is 7.25. The molecule has 1 fully saturated rings. The highest BCUT2D eigenvalue weighted by atomic mass is 35.5. The van der Waals surface area contributed by atoms with Gasteiger partial charge in [0, 0.05) is 38.9 Å². The van der Waals surface area contributed by atoms with Crippen molar-refractivity contribution in [1.82, 2.24) is 10.2 Å². The molecule has 0 aromatic heterocycles. The number of fused-ring (bicyclic) bond motifs is 1. The summed E-state index contributed by atoms with van der Waals surface area (Å²) in [5.41, 5.74) is 3.34. The number of amides is 1. The van der Waals surface area contributed by atoms with E-state index in [1.54, 1.807) is 4.90 Å². The van der Waals surface area contributed by atoms with E-state index >= 15 is 0 Å². The molecule has 2 aliphatic heterocycles. The highest BCUT2D eigenvalue weighted by Crippen LogP contribution is 2.19. The first-order valence-electron chi connectivity index (χ1n) is 7.43. The molecule has 2 aliphatic rings. The number of carbonyl (C=O) groups excluding carboxylic acids is 1. The Morgan fingerprint density at radius 3 is 2.90 bits per heavy atom. The maximum atomic E-state index is 12.5. The van der Waals surface area contributed by atoms with Gasteiger partial charge in [0.25, 0.3) is 5.91 Å². The molecule has 0 aliphatic carbocycles. The summed E-state index contributed by atoms with van der Waals surface area (Å²) in [5, 5.41) is 3.30. The fourth-order valence-corrected chi connectivity index (χ4v) is 2.99. The van der Waals surface area contributed by atoms with Crippen LogP contribution >= 0.6 is 12.4 Å². The van der Waals surface area contributed by atoms with Crippen LogP contribution in [0.25, 0.3) is 0 Å². The Kier molecular flexibility index (Phi) is 5.62. The minimum Gasteiger partial charge on any atom is -0.376 e. The molecular weight excluding hydrogens is 288 g/mol. The quantitative estimate of drug-likeness (QED) is 0.932. The molecule has 1 unspecified atom stereocenters. The number of ether oxygens (including phenoxy) is 1. The summed E-state index contributed by atoms with van der Waals surface area (Å²) in [6.45, 7) is 3.30. The van der Waals surface area contributed by atoms with Crippen LogP contribution in [0, 0.1) is 0 Å². The predicted octanol–water partition coefficient (Wildman–Crippen LogP) is 2.35. The smallest absolute Gasteiger partial charge is 0.253 e. The zero-order valence-electron chi connectivity index (χ0n) is 12.4. The zero-order chi connectivity index (χ0) is 13.9. The Morgan fingerprint density at radius 2 is 2.14 bits per heavy atom. The first kappa shape index (κ1) is 16.3. The van der Waals surface area contributed by atoms with Crippen LogP contribution in [0.3, 0.4) is 0 Å². The average molecular weight is 311 g/mol. The highest BCUT2D eigenvalue weighted by Gasteiger charge is 2.21. The molecule has 0 spiro atoms. The van der Waals surface area contributed by atoms with E-state index in [9.17, 15) is 4.79 Å².